The predicted molar refractivity (Wildman–Crippen MR) is 125 cm³/mol. The van der Waals surface area contributed by atoms with Gasteiger partial charge in [0.25, 0.3) is 15.9 Å². The van der Waals surface area contributed by atoms with E-state index in [1.54, 1.807) is 53.4 Å². The Morgan fingerprint density at radius 1 is 1.03 bits per heavy atom. The lowest BCUT2D eigenvalue weighted by Gasteiger charge is -2.32. The zero-order chi connectivity index (χ0) is 23.3. The van der Waals surface area contributed by atoms with Crippen molar-refractivity contribution in [2.45, 2.75) is 51.0 Å². The van der Waals surface area contributed by atoms with Gasteiger partial charge < -0.3 is 10.2 Å². The molecule has 1 atom stereocenters. The van der Waals surface area contributed by atoms with Crippen molar-refractivity contribution >= 4 is 27.5 Å². The van der Waals surface area contributed by atoms with Crippen LogP contribution in [-0.4, -0.2) is 44.3 Å². The van der Waals surface area contributed by atoms with Gasteiger partial charge in [0.05, 0.1) is 4.90 Å². The van der Waals surface area contributed by atoms with Gasteiger partial charge in [-0.05, 0) is 69.5 Å². The normalized spacial score (nSPS) is 15.8. The summed E-state index contributed by atoms with van der Waals surface area (Å²) in [6.45, 7) is 6.97. The molecule has 7 nitrogen and oxygen atoms in total. The average molecular weight is 458 g/mol. The Morgan fingerprint density at radius 2 is 1.62 bits per heavy atom. The number of anilines is 1. The lowest BCUT2D eigenvalue weighted by Crippen LogP contribution is -2.44. The second-order valence-electron chi connectivity index (χ2n) is 8.38. The van der Waals surface area contributed by atoms with Crippen LogP contribution in [0.2, 0.25) is 0 Å². The Bertz CT molecular complexity index is 1040. The van der Waals surface area contributed by atoms with Gasteiger partial charge in [-0.25, -0.2) is 8.42 Å². The molecule has 172 valence electrons. The number of benzene rings is 2. The van der Waals surface area contributed by atoms with Gasteiger partial charge in [-0.15, -0.1) is 0 Å². The molecule has 0 radical (unpaired) electrons. The van der Waals surface area contributed by atoms with Crippen LogP contribution in [0, 0.1) is 12.8 Å². The Balaban J connectivity index is 1.57. The Kier molecular flexibility index (Phi) is 7.56. The summed E-state index contributed by atoms with van der Waals surface area (Å²) in [6.07, 6.45) is 2.17. The molecule has 3 rings (SSSR count). The molecule has 32 heavy (non-hydrogen) atoms. The van der Waals surface area contributed by atoms with Crippen LogP contribution in [-0.2, 0) is 14.8 Å². The second kappa shape index (κ2) is 10.2. The molecule has 1 saturated heterocycles. The van der Waals surface area contributed by atoms with Gasteiger partial charge in [-0.3, -0.25) is 14.3 Å². The minimum Gasteiger partial charge on any atom is -0.353 e. The maximum absolute atomic E-state index is 12.8. The highest BCUT2D eigenvalue weighted by molar-refractivity contribution is 7.92. The quantitative estimate of drug-likeness (QED) is 0.665. The number of piperidine rings is 1. The highest BCUT2D eigenvalue weighted by Crippen LogP contribution is 2.21. The standard InChI is InChI=1S/C24H31N3O4S/c1-4-18(3)25-23(28)19-13-15-27(16-14-19)24(29)20-7-9-21(10-8-20)26-32(30,31)22-11-5-17(2)6-12-22/h5-12,18-19,26H,4,13-16H2,1-3H3,(H,25,28)/t18-/m0/s1. The topological polar surface area (TPSA) is 95.6 Å². The monoisotopic (exact) mass is 457 g/mol. The Morgan fingerprint density at radius 3 is 2.19 bits per heavy atom. The third-order valence-electron chi connectivity index (χ3n) is 5.87. The second-order valence-corrected chi connectivity index (χ2v) is 10.1. The van der Waals surface area contributed by atoms with Crippen molar-refractivity contribution in [1.29, 1.82) is 0 Å². The van der Waals surface area contributed by atoms with Gasteiger partial charge in [-0.1, -0.05) is 24.6 Å². The van der Waals surface area contributed by atoms with E-state index in [0.717, 1.165) is 12.0 Å². The van der Waals surface area contributed by atoms with Crippen LogP contribution >= 0.6 is 0 Å². The fourth-order valence-corrected chi connectivity index (χ4v) is 4.66. The van der Waals surface area contributed by atoms with Crippen LogP contribution < -0.4 is 10.0 Å². The fourth-order valence-electron chi connectivity index (χ4n) is 3.60. The van der Waals surface area contributed by atoms with E-state index >= 15 is 0 Å². The van der Waals surface area contributed by atoms with E-state index in [1.165, 1.54) is 0 Å². The number of hydrogen-bond acceptors (Lipinski definition) is 4. The number of nitrogens with one attached hydrogen (secondary N) is 2. The van der Waals surface area contributed by atoms with Gasteiger partial charge in [0.2, 0.25) is 5.91 Å². The Labute approximate surface area is 190 Å². The van der Waals surface area contributed by atoms with Gasteiger partial charge in [0.15, 0.2) is 0 Å². The molecular formula is C24H31N3O4S. The summed E-state index contributed by atoms with van der Waals surface area (Å²) in [6, 6.07) is 13.2. The van der Waals surface area contributed by atoms with E-state index < -0.39 is 10.0 Å². The summed E-state index contributed by atoms with van der Waals surface area (Å²) in [7, 11) is -3.69. The van der Waals surface area contributed by atoms with Crippen molar-refractivity contribution in [1.82, 2.24) is 10.2 Å². The number of rotatable bonds is 7. The summed E-state index contributed by atoms with van der Waals surface area (Å²) in [4.78, 5) is 27.1. The van der Waals surface area contributed by atoms with Gasteiger partial charge >= 0.3 is 0 Å². The van der Waals surface area contributed by atoms with E-state index in [4.69, 9.17) is 0 Å². The molecule has 0 bridgehead atoms. The van der Waals surface area contributed by atoms with Crippen LogP contribution in [0.4, 0.5) is 5.69 Å². The van der Waals surface area contributed by atoms with Crippen LogP contribution in [0.15, 0.2) is 53.4 Å². The molecule has 2 aromatic carbocycles. The predicted octanol–water partition coefficient (Wildman–Crippen LogP) is 3.56. The zero-order valence-corrected chi connectivity index (χ0v) is 19.6. The number of carbonyl (C=O) groups excluding carboxylic acids is 2. The summed E-state index contributed by atoms with van der Waals surface area (Å²) >= 11 is 0. The molecule has 2 N–H and O–H groups in total. The molecule has 1 fully saturated rings. The van der Waals surface area contributed by atoms with E-state index in [9.17, 15) is 18.0 Å². The van der Waals surface area contributed by atoms with Crippen LogP contribution in [0.25, 0.3) is 0 Å². The fraction of sp³-hybridized carbons (Fsp3) is 0.417. The summed E-state index contributed by atoms with van der Waals surface area (Å²) in [5.74, 6) is -0.109. The molecule has 1 aliphatic heterocycles. The summed E-state index contributed by atoms with van der Waals surface area (Å²) in [5.41, 5.74) is 1.86. The van der Waals surface area contributed by atoms with Crippen LogP contribution in [0.3, 0.4) is 0 Å². The average Bonchev–Trinajstić information content (AvgIpc) is 2.79. The van der Waals surface area contributed by atoms with Crippen LogP contribution in [0.1, 0.15) is 49.0 Å². The Hall–Kier alpha value is -2.87. The molecule has 0 saturated carbocycles. The first-order valence-electron chi connectivity index (χ1n) is 11.0. The lowest BCUT2D eigenvalue weighted by molar-refractivity contribution is -0.126. The van der Waals surface area contributed by atoms with Gasteiger partial charge in [0, 0.05) is 36.3 Å². The largest absolute Gasteiger partial charge is 0.353 e. The number of amides is 2. The number of carbonyl (C=O) groups is 2. The van der Waals surface area contributed by atoms with Crippen molar-refractivity contribution in [2.24, 2.45) is 5.92 Å². The third kappa shape index (κ3) is 5.88. The van der Waals surface area contributed by atoms with E-state index in [0.29, 0.717) is 37.2 Å². The molecular weight excluding hydrogens is 426 g/mol. The smallest absolute Gasteiger partial charge is 0.261 e. The van der Waals surface area contributed by atoms with Crippen molar-refractivity contribution in [2.75, 3.05) is 17.8 Å². The summed E-state index contributed by atoms with van der Waals surface area (Å²) in [5, 5.41) is 3.02. The molecule has 1 aliphatic rings. The number of hydrogen-bond donors (Lipinski definition) is 2. The highest BCUT2D eigenvalue weighted by atomic mass is 32.2. The molecule has 2 aromatic rings. The summed E-state index contributed by atoms with van der Waals surface area (Å²) < 4.78 is 27.6. The van der Waals surface area contributed by atoms with E-state index in [1.807, 2.05) is 20.8 Å². The minimum absolute atomic E-state index is 0.0633. The lowest BCUT2D eigenvalue weighted by atomic mass is 9.95. The molecule has 0 spiro atoms. The number of likely N-dealkylation sites (tertiary alicyclic amines) is 1. The number of aryl methyl sites for hydroxylation is 1. The first kappa shape index (κ1) is 23.8. The zero-order valence-electron chi connectivity index (χ0n) is 18.8. The number of sulfonamides is 1. The van der Waals surface area contributed by atoms with Crippen molar-refractivity contribution in [3.63, 3.8) is 0 Å². The molecule has 0 aliphatic carbocycles. The SMILES string of the molecule is CC[C@H](C)NC(=O)C1CCN(C(=O)c2ccc(NS(=O)(=O)c3ccc(C)cc3)cc2)CC1. The van der Waals surface area contributed by atoms with Crippen molar-refractivity contribution in [3.8, 4) is 0 Å². The molecule has 0 aromatic heterocycles. The first-order valence-corrected chi connectivity index (χ1v) is 12.5. The maximum Gasteiger partial charge on any atom is 0.261 e. The van der Waals surface area contributed by atoms with E-state index in [-0.39, 0.29) is 28.7 Å². The maximum atomic E-state index is 12.8. The van der Waals surface area contributed by atoms with Crippen molar-refractivity contribution < 1.29 is 18.0 Å². The minimum atomic E-state index is -3.69. The molecule has 0 unspecified atom stereocenters. The molecule has 2 amide bonds. The van der Waals surface area contributed by atoms with E-state index in [2.05, 4.69) is 10.0 Å². The molecule has 8 heteroatoms. The van der Waals surface area contributed by atoms with Crippen molar-refractivity contribution in [3.05, 3.63) is 59.7 Å². The highest BCUT2D eigenvalue weighted by Gasteiger charge is 2.28. The van der Waals surface area contributed by atoms with Crippen LogP contribution in [0.5, 0.6) is 0 Å². The molecule has 1 heterocycles. The third-order valence-corrected chi connectivity index (χ3v) is 7.27. The first-order chi connectivity index (χ1) is 15.2. The van der Waals surface area contributed by atoms with Gasteiger partial charge in [-0.2, -0.15) is 0 Å². The number of nitrogens with zero attached hydrogens (tertiary/aromatic N) is 1. The van der Waals surface area contributed by atoms with Gasteiger partial charge in [0.1, 0.15) is 0 Å².